The van der Waals surface area contributed by atoms with Gasteiger partial charge < -0.3 is 9.84 Å². The number of carboxylic acids is 1. The van der Waals surface area contributed by atoms with Crippen molar-refractivity contribution in [1.82, 2.24) is 4.98 Å². The third-order valence-electron chi connectivity index (χ3n) is 3.13. The summed E-state index contributed by atoms with van der Waals surface area (Å²) >= 11 is 1.20. The summed E-state index contributed by atoms with van der Waals surface area (Å²) in [6.07, 6.45) is 2.01. The first kappa shape index (κ1) is 15.5. The average molecular weight is 305 g/mol. The minimum atomic E-state index is -0.930. The molecule has 0 spiro atoms. The van der Waals surface area contributed by atoms with Gasteiger partial charge in [-0.3, -0.25) is 0 Å². The van der Waals surface area contributed by atoms with Crippen LogP contribution in [0.5, 0.6) is 5.75 Å². The lowest BCUT2D eigenvalue weighted by molar-refractivity contribution is 0.0702. The fourth-order valence-corrected chi connectivity index (χ4v) is 2.75. The molecule has 0 fully saturated rings. The Kier molecular flexibility index (Phi) is 4.96. The monoisotopic (exact) mass is 305 g/mol. The van der Waals surface area contributed by atoms with Gasteiger partial charge in [-0.15, -0.1) is 11.3 Å². The zero-order valence-electron chi connectivity index (χ0n) is 12.4. The smallest absolute Gasteiger partial charge is 0.347 e. The van der Waals surface area contributed by atoms with Crippen LogP contribution < -0.4 is 4.74 Å². The van der Waals surface area contributed by atoms with Crippen LogP contribution in [0.15, 0.2) is 24.4 Å². The maximum atomic E-state index is 10.8. The van der Waals surface area contributed by atoms with Gasteiger partial charge in [0.05, 0.1) is 17.8 Å². The number of aryl methyl sites for hydroxylation is 1. The maximum absolute atomic E-state index is 10.8. The second-order valence-electron chi connectivity index (χ2n) is 5.22. The van der Waals surface area contributed by atoms with E-state index in [1.54, 1.807) is 0 Å². The summed E-state index contributed by atoms with van der Waals surface area (Å²) in [5, 5.41) is 9.65. The number of rotatable bonds is 6. The zero-order valence-corrected chi connectivity index (χ0v) is 13.2. The number of carboxylic acid groups (broad SMARTS) is 1. The second-order valence-corrected chi connectivity index (χ2v) is 6.33. The first-order valence-corrected chi connectivity index (χ1v) is 7.70. The van der Waals surface area contributed by atoms with Gasteiger partial charge in [-0.25, -0.2) is 9.78 Å². The molecule has 0 aliphatic heterocycles. The van der Waals surface area contributed by atoms with Crippen LogP contribution in [0.3, 0.4) is 0 Å². The van der Waals surface area contributed by atoms with Crippen molar-refractivity contribution in [3.05, 3.63) is 45.4 Å². The Hall–Kier alpha value is -1.88. The summed E-state index contributed by atoms with van der Waals surface area (Å²) in [5.74, 6) is 0.375. The predicted molar refractivity (Wildman–Crippen MR) is 83.5 cm³/mol. The number of benzene rings is 1. The van der Waals surface area contributed by atoms with Gasteiger partial charge >= 0.3 is 5.97 Å². The topological polar surface area (TPSA) is 59.4 Å². The molecule has 1 aromatic heterocycles. The number of hydrogen-bond acceptors (Lipinski definition) is 4. The lowest BCUT2D eigenvalue weighted by atomic mass is 10.0. The fraction of sp³-hybridized carbons (Fsp3) is 0.375. The molecule has 1 N–H and O–H groups in total. The predicted octanol–water partition coefficient (Wildman–Crippen LogP) is 3.89. The van der Waals surface area contributed by atoms with Gasteiger partial charge in [0.15, 0.2) is 0 Å². The fourth-order valence-electron chi connectivity index (χ4n) is 2.02. The van der Waals surface area contributed by atoms with Crippen molar-refractivity contribution < 1.29 is 14.6 Å². The Balaban J connectivity index is 1.99. The Morgan fingerprint density at radius 3 is 2.81 bits per heavy atom. The van der Waals surface area contributed by atoms with Crippen LogP contribution in [0.1, 0.15) is 45.6 Å². The van der Waals surface area contributed by atoms with Crippen LogP contribution in [0.4, 0.5) is 0 Å². The maximum Gasteiger partial charge on any atom is 0.347 e. The van der Waals surface area contributed by atoms with Crippen molar-refractivity contribution in [1.29, 1.82) is 0 Å². The van der Waals surface area contributed by atoms with Crippen LogP contribution in [0, 0.1) is 6.92 Å². The highest BCUT2D eigenvalue weighted by Gasteiger charge is 2.10. The van der Waals surface area contributed by atoms with E-state index in [0.717, 1.165) is 16.3 Å². The highest BCUT2D eigenvalue weighted by atomic mass is 32.1. The lowest BCUT2D eigenvalue weighted by Gasteiger charge is -2.14. The highest BCUT2D eigenvalue weighted by Crippen LogP contribution is 2.27. The molecule has 0 aliphatic rings. The van der Waals surface area contributed by atoms with Crippen molar-refractivity contribution in [2.24, 2.45) is 0 Å². The lowest BCUT2D eigenvalue weighted by Crippen LogP contribution is -2.04. The molecular formula is C16H19NO3S. The van der Waals surface area contributed by atoms with E-state index >= 15 is 0 Å². The van der Waals surface area contributed by atoms with E-state index in [1.807, 2.05) is 13.0 Å². The largest absolute Gasteiger partial charge is 0.493 e. The van der Waals surface area contributed by atoms with Gasteiger partial charge in [-0.1, -0.05) is 26.0 Å². The molecule has 1 heterocycles. The van der Waals surface area contributed by atoms with Gasteiger partial charge in [-0.05, 0) is 30.0 Å². The summed E-state index contributed by atoms with van der Waals surface area (Å²) in [5.41, 5.74) is 2.35. The number of aromatic carboxylic acids is 1. The van der Waals surface area contributed by atoms with Gasteiger partial charge in [0.2, 0.25) is 0 Å². The summed E-state index contributed by atoms with van der Waals surface area (Å²) in [6.45, 7) is 6.81. The highest BCUT2D eigenvalue weighted by molar-refractivity contribution is 7.13. The molecular weight excluding hydrogens is 286 g/mol. The molecule has 0 aliphatic carbocycles. The Labute approximate surface area is 128 Å². The van der Waals surface area contributed by atoms with E-state index in [1.165, 1.54) is 23.1 Å². The van der Waals surface area contributed by atoms with Gasteiger partial charge in [0, 0.05) is 6.42 Å². The van der Waals surface area contributed by atoms with Crippen molar-refractivity contribution in [2.75, 3.05) is 6.61 Å². The molecule has 0 radical (unpaired) electrons. The summed E-state index contributed by atoms with van der Waals surface area (Å²) < 4.78 is 5.87. The molecule has 2 aromatic rings. The summed E-state index contributed by atoms with van der Waals surface area (Å²) in [7, 11) is 0. The molecule has 0 saturated heterocycles. The van der Waals surface area contributed by atoms with Crippen molar-refractivity contribution in [3.8, 4) is 5.75 Å². The second kappa shape index (κ2) is 6.72. The number of carbonyl (C=O) groups is 1. The van der Waals surface area contributed by atoms with Gasteiger partial charge in [0.25, 0.3) is 0 Å². The Morgan fingerprint density at radius 1 is 1.43 bits per heavy atom. The molecule has 21 heavy (non-hydrogen) atoms. The first-order valence-electron chi connectivity index (χ1n) is 6.88. The van der Waals surface area contributed by atoms with Crippen LogP contribution in [-0.2, 0) is 6.42 Å². The number of thiazole rings is 1. The minimum absolute atomic E-state index is 0.267. The average Bonchev–Trinajstić information content (AvgIpc) is 2.87. The van der Waals surface area contributed by atoms with E-state index in [9.17, 15) is 4.79 Å². The third-order valence-corrected chi connectivity index (χ3v) is 4.17. The molecule has 1 aromatic carbocycles. The van der Waals surface area contributed by atoms with Gasteiger partial charge in [-0.2, -0.15) is 0 Å². The Bertz CT molecular complexity index is 634. The van der Waals surface area contributed by atoms with Crippen LogP contribution in [0.2, 0.25) is 0 Å². The van der Waals surface area contributed by atoms with E-state index in [4.69, 9.17) is 9.84 Å². The standard InChI is InChI=1S/C16H19NO3S/c1-10(2)12-5-4-11(3)8-13(12)20-7-6-15-17-9-14(21-15)16(18)19/h4-5,8-10H,6-7H2,1-3H3,(H,18,19). The Morgan fingerprint density at radius 2 is 2.19 bits per heavy atom. The SMILES string of the molecule is Cc1ccc(C(C)C)c(OCCc2ncc(C(=O)O)s2)c1. The van der Waals surface area contributed by atoms with Crippen LogP contribution >= 0.6 is 11.3 Å². The summed E-state index contributed by atoms with van der Waals surface area (Å²) in [4.78, 5) is 15.2. The molecule has 0 atom stereocenters. The molecule has 0 unspecified atom stereocenters. The molecule has 112 valence electrons. The quantitative estimate of drug-likeness (QED) is 0.879. The number of ether oxygens (including phenoxy) is 1. The van der Waals surface area contributed by atoms with Crippen molar-refractivity contribution in [3.63, 3.8) is 0 Å². The number of nitrogens with zero attached hydrogens (tertiary/aromatic N) is 1. The van der Waals surface area contributed by atoms with E-state index < -0.39 is 5.97 Å². The summed E-state index contributed by atoms with van der Waals surface area (Å²) in [6, 6.07) is 6.23. The minimum Gasteiger partial charge on any atom is -0.493 e. The molecule has 0 bridgehead atoms. The normalized spacial score (nSPS) is 10.9. The van der Waals surface area contributed by atoms with E-state index in [-0.39, 0.29) is 4.88 Å². The first-order chi connectivity index (χ1) is 9.97. The molecule has 0 saturated carbocycles. The van der Waals surface area contributed by atoms with Crippen molar-refractivity contribution >= 4 is 17.3 Å². The van der Waals surface area contributed by atoms with Crippen molar-refractivity contribution in [2.45, 2.75) is 33.1 Å². The zero-order chi connectivity index (χ0) is 15.4. The van der Waals surface area contributed by atoms with Crippen LogP contribution in [-0.4, -0.2) is 22.7 Å². The number of aromatic nitrogens is 1. The van der Waals surface area contributed by atoms with Gasteiger partial charge in [0.1, 0.15) is 10.6 Å². The third kappa shape index (κ3) is 4.04. The number of hydrogen-bond donors (Lipinski definition) is 1. The van der Waals surface area contributed by atoms with E-state index in [2.05, 4.69) is 31.0 Å². The van der Waals surface area contributed by atoms with E-state index in [0.29, 0.717) is 18.9 Å². The molecule has 0 amide bonds. The molecule has 2 rings (SSSR count). The van der Waals surface area contributed by atoms with Crippen LogP contribution in [0.25, 0.3) is 0 Å². The molecule has 4 nitrogen and oxygen atoms in total. The molecule has 5 heteroatoms.